The van der Waals surface area contributed by atoms with Crippen molar-refractivity contribution in [3.8, 4) is 0 Å². The summed E-state index contributed by atoms with van der Waals surface area (Å²) >= 11 is 0. The van der Waals surface area contributed by atoms with Gasteiger partial charge in [0.25, 0.3) is 0 Å². The van der Waals surface area contributed by atoms with Crippen LogP contribution in [0, 0.1) is 5.92 Å². The van der Waals surface area contributed by atoms with E-state index in [2.05, 4.69) is 5.32 Å². The van der Waals surface area contributed by atoms with Crippen LogP contribution in [0.1, 0.15) is 6.92 Å². The maximum Gasteiger partial charge on any atom is 0.309 e. The van der Waals surface area contributed by atoms with Crippen LogP contribution in [0.5, 0.6) is 0 Å². The molecule has 2 unspecified atom stereocenters. The van der Waals surface area contributed by atoms with Crippen LogP contribution in [0.4, 0.5) is 0 Å². The van der Waals surface area contributed by atoms with Crippen molar-refractivity contribution < 1.29 is 19.4 Å². The maximum atomic E-state index is 11.6. The maximum absolute atomic E-state index is 11.6. The first kappa shape index (κ1) is 12.9. The van der Waals surface area contributed by atoms with Crippen molar-refractivity contribution in [2.75, 3.05) is 33.4 Å². The highest BCUT2D eigenvalue weighted by Gasteiger charge is 2.31. The monoisotopic (exact) mass is 230 g/mol. The lowest BCUT2D eigenvalue weighted by atomic mass is 10.1. The molecule has 2 atom stereocenters. The van der Waals surface area contributed by atoms with Gasteiger partial charge in [0.1, 0.15) is 0 Å². The molecule has 1 aliphatic rings. The topological polar surface area (TPSA) is 78.9 Å². The molecule has 16 heavy (non-hydrogen) atoms. The summed E-state index contributed by atoms with van der Waals surface area (Å²) in [5, 5.41) is 11.6. The van der Waals surface area contributed by atoms with Crippen LogP contribution < -0.4 is 5.32 Å². The Balaban J connectivity index is 2.68. The summed E-state index contributed by atoms with van der Waals surface area (Å²) in [5.41, 5.74) is 0. The molecule has 6 nitrogen and oxygen atoms in total. The Morgan fingerprint density at radius 3 is 2.94 bits per heavy atom. The molecule has 0 bridgehead atoms. The summed E-state index contributed by atoms with van der Waals surface area (Å²) in [7, 11) is 1.58. The third-order valence-electron chi connectivity index (χ3n) is 2.84. The van der Waals surface area contributed by atoms with Gasteiger partial charge >= 0.3 is 5.97 Å². The molecule has 0 saturated carbocycles. The summed E-state index contributed by atoms with van der Waals surface area (Å²) in [4.78, 5) is 24.3. The smallest absolute Gasteiger partial charge is 0.309 e. The Labute approximate surface area is 94.6 Å². The number of hydrogen-bond acceptors (Lipinski definition) is 4. The number of nitrogens with zero attached hydrogens (tertiary/aromatic N) is 1. The van der Waals surface area contributed by atoms with E-state index in [9.17, 15) is 9.59 Å². The molecule has 6 heteroatoms. The first-order valence-electron chi connectivity index (χ1n) is 5.29. The van der Waals surface area contributed by atoms with Gasteiger partial charge < -0.3 is 15.2 Å². The van der Waals surface area contributed by atoms with E-state index in [1.165, 1.54) is 0 Å². The Morgan fingerprint density at radius 2 is 2.38 bits per heavy atom. The molecule has 0 radical (unpaired) electrons. The minimum absolute atomic E-state index is 0.125. The molecule has 1 saturated heterocycles. The largest absolute Gasteiger partial charge is 0.481 e. The van der Waals surface area contributed by atoms with Crippen molar-refractivity contribution in [3.05, 3.63) is 0 Å². The van der Waals surface area contributed by atoms with Crippen LogP contribution >= 0.6 is 0 Å². The molecular formula is C10H18N2O4. The van der Waals surface area contributed by atoms with E-state index in [0.29, 0.717) is 19.7 Å². The number of rotatable bonds is 4. The van der Waals surface area contributed by atoms with E-state index in [-0.39, 0.29) is 18.5 Å². The Bertz CT molecular complexity index is 270. The van der Waals surface area contributed by atoms with E-state index in [4.69, 9.17) is 9.84 Å². The van der Waals surface area contributed by atoms with Crippen molar-refractivity contribution >= 4 is 11.9 Å². The van der Waals surface area contributed by atoms with Crippen LogP contribution in [0.2, 0.25) is 0 Å². The average molecular weight is 230 g/mol. The van der Waals surface area contributed by atoms with Crippen LogP contribution in [-0.2, 0) is 14.3 Å². The molecule has 1 rings (SSSR count). The Hall–Kier alpha value is -1.14. The molecular weight excluding hydrogens is 212 g/mol. The number of ether oxygens (including phenoxy) is 1. The van der Waals surface area contributed by atoms with Crippen molar-refractivity contribution in [1.29, 1.82) is 0 Å². The van der Waals surface area contributed by atoms with Crippen molar-refractivity contribution in [2.45, 2.75) is 13.0 Å². The number of hydrogen-bond donors (Lipinski definition) is 2. The van der Waals surface area contributed by atoms with Gasteiger partial charge in [-0.3, -0.25) is 14.5 Å². The average Bonchev–Trinajstić information content (AvgIpc) is 2.38. The molecule has 0 aliphatic carbocycles. The number of carbonyl (C=O) groups excluding carboxylic acids is 1. The molecule has 0 spiro atoms. The van der Waals surface area contributed by atoms with Gasteiger partial charge in [0, 0.05) is 26.7 Å². The number of amides is 1. The zero-order chi connectivity index (χ0) is 12.1. The van der Waals surface area contributed by atoms with Gasteiger partial charge in [0.15, 0.2) is 0 Å². The quantitative estimate of drug-likeness (QED) is 0.658. The van der Waals surface area contributed by atoms with E-state index >= 15 is 0 Å². The number of carboxylic acid groups (broad SMARTS) is 1. The van der Waals surface area contributed by atoms with Crippen molar-refractivity contribution in [1.82, 2.24) is 10.2 Å². The second kappa shape index (κ2) is 5.81. The summed E-state index contributed by atoms with van der Waals surface area (Å²) in [5.74, 6) is -1.55. The standard InChI is InChI=1S/C10H18N2O4/c1-7-9(13)11-5-8(10(14)15)6-12(7)3-4-16-2/h7-8H,3-6H2,1-2H3,(H,11,13)(H,14,15). The van der Waals surface area contributed by atoms with Crippen molar-refractivity contribution in [3.63, 3.8) is 0 Å². The molecule has 92 valence electrons. The molecule has 2 N–H and O–H groups in total. The highest BCUT2D eigenvalue weighted by Crippen LogP contribution is 2.09. The normalized spacial score (nSPS) is 27.2. The first-order valence-corrected chi connectivity index (χ1v) is 5.29. The zero-order valence-corrected chi connectivity index (χ0v) is 9.60. The minimum atomic E-state index is -0.878. The van der Waals surface area contributed by atoms with Crippen LogP contribution in [0.15, 0.2) is 0 Å². The summed E-state index contributed by atoms with van der Waals surface area (Å²) in [6.45, 7) is 3.40. The van der Waals surface area contributed by atoms with E-state index in [1.54, 1.807) is 14.0 Å². The number of carboxylic acids is 1. The Morgan fingerprint density at radius 1 is 1.69 bits per heavy atom. The Kier molecular flexibility index (Phi) is 4.70. The molecule has 0 aromatic carbocycles. The molecule has 0 aromatic rings. The molecule has 0 aromatic heterocycles. The summed E-state index contributed by atoms with van der Waals surface area (Å²) < 4.78 is 4.94. The third kappa shape index (κ3) is 3.18. The zero-order valence-electron chi connectivity index (χ0n) is 9.60. The fourth-order valence-electron chi connectivity index (χ4n) is 1.70. The minimum Gasteiger partial charge on any atom is -0.481 e. The lowest BCUT2D eigenvalue weighted by Gasteiger charge is -2.25. The van der Waals surface area contributed by atoms with E-state index in [0.717, 1.165) is 0 Å². The number of aliphatic carboxylic acids is 1. The van der Waals surface area contributed by atoms with Crippen LogP contribution in [-0.4, -0.2) is 61.3 Å². The lowest BCUT2D eigenvalue weighted by molar-refractivity contribution is -0.142. The highest BCUT2D eigenvalue weighted by molar-refractivity contribution is 5.82. The first-order chi connectivity index (χ1) is 7.56. The van der Waals surface area contributed by atoms with Gasteiger partial charge in [-0.25, -0.2) is 0 Å². The third-order valence-corrected chi connectivity index (χ3v) is 2.84. The van der Waals surface area contributed by atoms with Gasteiger partial charge in [-0.1, -0.05) is 0 Å². The predicted octanol–water partition coefficient (Wildman–Crippen LogP) is -0.846. The van der Waals surface area contributed by atoms with Crippen molar-refractivity contribution in [2.24, 2.45) is 5.92 Å². The van der Waals surface area contributed by atoms with E-state index in [1.807, 2.05) is 4.90 Å². The van der Waals surface area contributed by atoms with Gasteiger partial charge in [-0.15, -0.1) is 0 Å². The van der Waals surface area contributed by atoms with Gasteiger partial charge in [0.05, 0.1) is 18.6 Å². The fourth-order valence-corrected chi connectivity index (χ4v) is 1.70. The van der Waals surface area contributed by atoms with Gasteiger partial charge in [-0.2, -0.15) is 0 Å². The second-order valence-corrected chi connectivity index (χ2v) is 3.94. The summed E-state index contributed by atoms with van der Waals surface area (Å²) in [6, 6.07) is -0.306. The molecule has 1 heterocycles. The SMILES string of the molecule is COCCN1CC(C(=O)O)CNC(=O)C1C. The highest BCUT2D eigenvalue weighted by atomic mass is 16.5. The number of carbonyl (C=O) groups is 2. The lowest BCUT2D eigenvalue weighted by Crippen LogP contribution is -2.43. The second-order valence-electron chi connectivity index (χ2n) is 3.94. The van der Waals surface area contributed by atoms with E-state index < -0.39 is 11.9 Å². The summed E-state index contributed by atoms with van der Waals surface area (Å²) in [6.07, 6.45) is 0. The van der Waals surface area contributed by atoms with Gasteiger partial charge in [-0.05, 0) is 6.92 Å². The number of methoxy groups -OCH3 is 1. The van der Waals surface area contributed by atoms with Gasteiger partial charge in [0.2, 0.25) is 5.91 Å². The molecule has 1 aliphatic heterocycles. The fraction of sp³-hybridized carbons (Fsp3) is 0.800. The van der Waals surface area contributed by atoms with Crippen LogP contribution in [0.3, 0.4) is 0 Å². The molecule has 1 fully saturated rings. The molecule has 1 amide bonds. The van der Waals surface area contributed by atoms with Crippen LogP contribution in [0.25, 0.3) is 0 Å². The predicted molar refractivity (Wildman–Crippen MR) is 57.0 cm³/mol. The number of nitrogens with one attached hydrogen (secondary N) is 1.